The Balaban J connectivity index is 2.38. The molecule has 17 heavy (non-hydrogen) atoms. The average molecular weight is 241 g/mol. The molecule has 0 saturated carbocycles. The third kappa shape index (κ3) is 4.64. The molecule has 0 aromatic rings. The normalized spacial score (nSPS) is 23.2. The average Bonchev–Trinajstić information content (AvgIpc) is 2.70. The van der Waals surface area contributed by atoms with Gasteiger partial charge in [-0.1, -0.05) is 20.8 Å². The third-order valence-electron chi connectivity index (χ3n) is 3.55. The van der Waals surface area contributed by atoms with Gasteiger partial charge in [0, 0.05) is 18.6 Å². The molecular weight excluding hydrogens is 214 g/mol. The standard InChI is InChI=1S/C13H27N3O/c1-4-11-6-5-8-16(11)9-7-12(13(14)17)15-10(2)3/h10-12,15H,4-9H2,1-3H3,(H2,14,17). The van der Waals surface area contributed by atoms with Crippen molar-refractivity contribution in [1.29, 1.82) is 0 Å². The van der Waals surface area contributed by atoms with Crippen LogP contribution < -0.4 is 11.1 Å². The minimum atomic E-state index is -0.231. The predicted octanol–water partition coefficient (Wildman–Crippen LogP) is 1.10. The number of hydrogen-bond donors (Lipinski definition) is 2. The number of carbonyl (C=O) groups excluding carboxylic acids is 1. The molecule has 4 nitrogen and oxygen atoms in total. The number of primary amides is 1. The molecule has 1 saturated heterocycles. The summed E-state index contributed by atoms with van der Waals surface area (Å²) in [5, 5.41) is 3.23. The molecule has 2 unspecified atom stereocenters. The Hall–Kier alpha value is -0.610. The van der Waals surface area contributed by atoms with Gasteiger partial charge in [0.1, 0.15) is 0 Å². The van der Waals surface area contributed by atoms with E-state index in [1.165, 1.54) is 25.8 Å². The van der Waals surface area contributed by atoms with Crippen LogP contribution >= 0.6 is 0 Å². The van der Waals surface area contributed by atoms with E-state index in [0.717, 1.165) is 13.0 Å². The Morgan fingerprint density at radius 3 is 2.76 bits per heavy atom. The van der Waals surface area contributed by atoms with Gasteiger partial charge in [-0.15, -0.1) is 0 Å². The molecule has 0 aromatic carbocycles. The highest BCUT2D eigenvalue weighted by Gasteiger charge is 2.24. The molecule has 0 aromatic heterocycles. The highest BCUT2D eigenvalue weighted by Crippen LogP contribution is 2.20. The maximum Gasteiger partial charge on any atom is 0.234 e. The highest BCUT2D eigenvalue weighted by atomic mass is 16.1. The number of nitrogens with zero attached hydrogens (tertiary/aromatic N) is 1. The molecule has 1 fully saturated rings. The number of likely N-dealkylation sites (tertiary alicyclic amines) is 1. The van der Waals surface area contributed by atoms with Crippen molar-refractivity contribution in [2.24, 2.45) is 5.73 Å². The predicted molar refractivity (Wildman–Crippen MR) is 70.8 cm³/mol. The maximum absolute atomic E-state index is 11.3. The zero-order chi connectivity index (χ0) is 12.8. The summed E-state index contributed by atoms with van der Waals surface area (Å²) in [4.78, 5) is 13.8. The fraction of sp³-hybridized carbons (Fsp3) is 0.923. The van der Waals surface area contributed by atoms with E-state index in [4.69, 9.17) is 5.73 Å². The van der Waals surface area contributed by atoms with Crippen LogP contribution in [0.15, 0.2) is 0 Å². The number of amides is 1. The number of hydrogen-bond acceptors (Lipinski definition) is 3. The number of nitrogens with two attached hydrogens (primary N) is 1. The van der Waals surface area contributed by atoms with Crippen LogP contribution in [0.2, 0.25) is 0 Å². The van der Waals surface area contributed by atoms with E-state index in [2.05, 4.69) is 17.1 Å². The fourth-order valence-electron chi connectivity index (χ4n) is 2.66. The van der Waals surface area contributed by atoms with Gasteiger partial charge >= 0.3 is 0 Å². The van der Waals surface area contributed by atoms with Crippen molar-refractivity contribution in [2.75, 3.05) is 13.1 Å². The van der Waals surface area contributed by atoms with E-state index in [9.17, 15) is 4.79 Å². The Bertz CT molecular complexity index is 243. The molecule has 0 aliphatic carbocycles. The van der Waals surface area contributed by atoms with Crippen molar-refractivity contribution >= 4 is 5.91 Å². The van der Waals surface area contributed by atoms with Gasteiger partial charge < -0.3 is 16.0 Å². The molecule has 4 heteroatoms. The molecule has 1 heterocycles. The first-order valence-corrected chi connectivity index (χ1v) is 6.84. The van der Waals surface area contributed by atoms with Gasteiger partial charge in [-0.25, -0.2) is 0 Å². The largest absolute Gasteiger partial charge is 0.368 e. The quantitative estimate of drug-likeness (QED) is 0.702. The molecule has 1 aliphatic heterocycles. The molecule has 1 rings (SSSR count). The van der Waals surface area contributed by atoms with Gasteiger partial charge in [-0.3, -0.25) is 4.79 Å². The second-order valence-corrected chi connectivity index (χ2v) is 5.31. The van der Waals surface area contributed by atoms with Crippen LogP contribution in [-0.4, -0.2) is 42.0 Å². The van der Waals surface area contributed by atoms with Gasteiger partial charge in [-0.05, 0) is 32.2 Å². The molecule has 0 bridgehead atoms. The van der Waals surface area contributed by atoms with E-state index < -0.39 is 0 Å². The highest BCUT2D eigenvalue weighted by molar-refractivity contribution is 5.79. The second-order valence-electron chi connectivity index (χ2n) is 5.31. The Labute approximate surface area is 105 Å². The topological polar surface area (TPSA) is 58.4 Å². The minimum absolute atomic E-state index is 0.187. The van der Waals surface area contributed by atoms with Gasteiger partial charge in [-0.2, -0.15) is 0 Å². The first-order valence-electron chi connectivity index (χ1n) is 6.84. The van der Waals surface area contributed by atoms with Crippen LogP contribution in [0.1, 0.15) is 46.5 Å². The van der Waals surface area contributed by atoms with E-state index >= 15 is 0 Å². The number of nitrogens with one attached hydrogen (secondary N) is 1. The van der Waals surface area contributed by atoms with Crippen molar-refractivity contribution in [1.82, 2.24) is 10.2 Å². The molecule has 0 radical (unpaired) electrons. The van der Waals surface area contributed by atoms with E-state index in [-0.39, 0.29) is 11.9 Å². The van der Waals surface area contributed by atoms with Gasteiger partial charge in [0.25, 0.3) is 0 Å². The molecular formula is C13H27N3O. The Morgan fingerprint density at radius 2 is 2.24 bits per heavy atom. The Kier molecular flexibility index (Phi) is 5.92. The molecule has 1 aliphatic rings. The first-order chi connectivity index (χ1) is 8.04. The Morgan fingerprint density at radius 1 is 1.53 bits per heavy atom. The third-order valence-corrected chi connectivity index (χ3v) is 3.55. The summed E-state index contributed by atoms with van der Waals surface area (Å²) in [6, 6.07) is 0.823. The SMILES string of the molecule is CCC1CCCN1CCC(NC(C)C)C(N)=O. The summed E-state index contributed by atoms with van der Waals surface area (Å²) in [5.74, 6) is -0.231. The summed E-state index contributed by atoms with van der Waals surface area (Å²) >= 11 is 0. The zero-order valence-corrected chi connectivity index (χ0v) is 11.4. The number of carbonyl (C=O) groups is 1. The van der Waals surface area contributed by atoms with Crippen molar-refractivity contribution in [3.05, 3.63) is 0 Å². The summed E-state index contributed by atoms with van der Waals surface area (Å²) in [6.45, 7) is 8.47. The first kappa shape index (κ1) is 14.5. The fourth-order valence-corrected chi connectivity index (χ4v) is 2.66. The van der Waals surface area contributed by atoms with Gasteiger partial charge in [0.15, 0.2) is 0 Å². The van der Waals surface area contributed by atoms with E-state index in [0.29, 0.717) is 12.1 Å². The van der Waals surface area contributed by atoms with Crippen LogP contribution in [0.3, 0.4) is 0 Å². The van der Waals surface area contributed by atoms with Crippen LogP contribution in [0, 0.1) is 0 Å². The lowest BCUT2D eigenvalue weighted by atomic mass is 10.1. The minimum Gasteiger partial charge on any atom is -0.368 e. The lowest BCUT2D eigenvalue weighted by molar-refractivity contribution is -0.120. The molecule has 0 spiro atoms. The smallest absolute Gasteiger partial charge is 0.234 e. The molecule has 2 atom stereocenters. The molecule has 3 N–H and O–H groups in total. The maximum atomic E-state index is 11.3. The van der Waals surface area contributed by atoms with Crippen LogP contribution in [0.25, 0.3) is 0 Å². The lowest BCUT2D eigenvalue weighted by Gasteiger charge is -2.26. The summed E-state index contributed by atoms with van der Waals surface area (Å²) in [7, 11) is 0. The van der Waals surface area contributed by atoms with Crippen molar-refractivity contribution in [3.63, 3.8) is 0 Å². The van der Waals surface area contributed by atoms with Crippen LogP contribution in [-0.2, 0) is 4.79 Å². The van der Waals surface area contributed by atoms with E-state index in [1.807, 2.05) is 13.8 Å². The summed E-state index contributed by atoms with van der Waals surface area (Å²) in [5.41, 5.74) is 5.42. The monoisotopic (exact) mass is 241 g/mol. The van der Waals surface area contributed by atoms with Gasteiger partial charge in [0.2, 0.25) is 5.91 Å². The van der Waals surface area contributed by atoms with Crippen LogP contribution in [0.4, 0.5) is 0 Å². The summed E-state index contributed by atoms with van der Waals surface area (Å²) < 4.78 is 0. The molecule has 100 valence electrons. The van der Waals surface area contributed by atoms with Crippen molar-refractivity contribution in [3.8, 4) is 0 Å². The molecule has 1 amide bonds. The summed E-state index contributed by atoms with van der Waals surface area (Å²) in [6.07, 6.45) is 4.62. The van der Waals surface area contributed by atoms with Crippen LogP contribution in [0.5, 0.6) is 0 Å². The van der Waals surface area contributed by atoms with E-state index in [1.54, 1.807) is 0 Å². The van der Waals surface area contributed by atoms with Crippen molar-refractivity contribution in [2.45, 2.75) is 64.6 Å². The van der Waals surface area contributed by atoms with Crippen molar-refractivity contribution < 1.29 is 4.79 Å². The number of rotatable bonds is 7. The zero-order valence-electron chi connectivity index (χ0n) is 11.4. The van der Waals surface area contributed by atoms with Gasteiger partial charge in [0.05, 0.1) is 6.04 Å². The second kappa shape index (κ2) is 6.97. The lowest BCUT2D eigenvalue weighted by Crippen LogP contribution is -2.46.